The Morgan fingerprint density at radius 2 is 2.03 bits per heavy atom. The summed E-state index contributed by atoms with van der Waals surface area (Å²) in [6, 6.07) is 13.5. The Hall–Kier alpha value is -3.45. The standard InChI is InChI=1S/C23H23N3O4/c1-16-2-4-17(5-3-16)15-30-20-10-19(12-24-13-20)26-8-9-29-22(14-26)21-7-6-18(11-25-21)23(27)28/h2-7,10-13,22H,8-9,14-15H2,1H3,(H,27,28). The number of benzene rings is 1. The molecule has 1 aliphatic heterocycles. The molecule has 1 N–H and O–H groups in total. The molecule has 1 fully saturated rings. The third-order valence-corrected chi connectivity index (χ3v) is 5.02. The molecule has 7 nitrogen and oxygen atoms in total. The van der Waals surface area contributed by atoms with Crippen LogP contribution >= 0.6 is 0 Å². The first-order valence-corrected chi connectivity index (χ1v) is 9.78. The van der Waals surface area contributed by atoms with Crippen LogP contribution in [0.15, 0.2) is 61.1 Å². The summed E-state index contributed by atoms with van der Waals surface area (Å²) in [4.78, 5) is 21.8. The highest BCUT2D eigenvalue weighted by Crippen LogP contribution is 2.27. The Morgan fingerprint density at radius 1 is 1.20 bits per heavy atom. The predicted octanol–water partition coefficient (Wildman–Crippen LogP) is 3.64. The zero-order valence-corrected chi connectivity index (χ0v) is 16.7. The minimum atomic E-state index is -0.992. The summed E-state index contributed by atoms with van der Waals surface area (Å²) in [7, 11) is 0. The van der Waals surface area contributed by atoms with E-state index in [-0.39, 0.29) is 11.7 Å². The summed E-state index contributed by atoms with van der Waals surface area (Å²) in [5, 5.41) is 9.03. The van der Waals surface area contributed by atoms with Crippen molar-refractivity contribution in [2.75, 3.05) is 24.6 Å². The predicted molar refractivity (Wildman–Crippen MR) is 112 cm³/mol. The number of anilines is 1. The largest absolute Gasteiger partial charge is 0.487 e. The highest BCUT2D eigenvalue weighted by Gasteiger charge is 2.24. The number of ether oxygens (including phenoxy) is 2. The van der Waals surface area contributed by atoms with Crippen molar-refractivity contribution in [2.45, 2.75) is 19.6 Å². The first-order chi connectivity index (χ1) is 14.6. The van der Waals surface area contributed by atoms with E-state index in [1.54, 1.807) is 18.3 Å². The van der Waals surface area contributed by atoms with E-state index in [1.165, 1.54) is 11.8 Å². The number of carbonyl (C=O) groups is 1. The summed E-state index contributed by atoms with van der Waals surface area (Å²) in [5.74, 6) is -0.284. The van der Waals surface area contributed by atoms with Gasteiger partial charge in [-0.05, 0) is 24.6 Å². The zero-order chi connectivity index (χ0) is 20.9. The zero-order valence-electron chi connectivity index (χ0n) is 16.7. The number of rotatable bonds is 6. The quantitative estimate of drug-likeness (QED) is 0.670. The monoisotopic (exact) mass is 405 g/mol. The maximum atomic E-state index is 11.0. The van der Waals surface area contributed by atoms with E-state index >= 15 is 0 Å². The first-order valence-electron chi connectivity index (χ1n) is 9.78. The van der Waals surface area contributed by atoms with Gasteiger partial charge in [-0.3, -0.25) is 9.97 Å². The molecule has 0 amide bonds. The molecule has 154 valence electrons. The summed E-state index contributed by atoms with van der Waals surface area (Å²) in [5.41, 5.74) is 4.15. The van der Waals surface area contributed by atoms with Gasteiger partial charge >= 0.3 is 5.97 Å². The second-order valence-electron chi connectivity index (χ2n) is 7.24. The van der Waals surface area contributed by atoms with Gasteiger partial charge < -0.3 is 19.5 Å². The minimum Gasteiger partial charge on any atom is -0.487 e. The van der Waals surface area contributed by atoms with Crippen LogP contribution in [-0.2, 0) is 11.3 Å². The van der Waals surface area contributed by atoms with Gasteiger partial charge in [0.1, 0.15) is 18.5 Å². The number of aromatic nitrogens is 2. The molecule has 0 spiro atoms. The summed E-state index contributed by atoms with van der Waals surface area (Å²) < 4.78 is 11.8. The summed E-state index contributed by atoms with van der Waals surface area (Å²) in [6.07, 6.45) is 4.64. The normalized spacial score (nSPS) is 16.3. The minimum absolute atomic E-state index is 0.161. The van der Waals surface area contributed by atoms with Gasteiger partial charge in [-0.25, -0.2) is 4.79 Å². The molecule has 0 radical (unpaired) electrons. The van der Waals surface area contributed by atoms with E-state index in [0.717, 1.165) is 17.8 Å². The number of pyridine rings is 2. The number of hydrogen-bond acceptors (Lipinski definition) is 6. The molecule has 0 saturated carbocycles. The van der Waals surface area contributed by atoms with Crippen molar-refractivity contribution in [3.63, 3.8) is 0 Å². The van der Waals surface area contributed by atoms with Gasteiger partial charge in [-0.1, -0.05) is 29.8 Å². The molecule has 1 unspecified atom stereocenters. The second-order valence-corrected chi connectivity index (χ2v) is 7.24. The number of aromatic carboxylic acids is 1. The number of morpholine rings is 1. The van der Waals surface area contributed by atoms with Crippen LogP contribution in [0.1, 0.15) is 33.3 Å². The Morgan fingerprint density at radius 3 is 2.77 bits per heavy atom. The van der Waals surface area contributed by atoms with Crippen molar-refractivity contribution in [1.29, 1.82) is 0 Å². The fourth-order valence-corrected chi connectivity index (χ4v) is 3.30. The van der Waals surface area contributed by atoms with Crippen LogP contribution in [-0.4, -0.2) is 40.7 Å². The topological polar surface area (TPSA) is 84.8 Å². The fraction of sp³-hybridized carbons (Fsp3) is 0.261. The van der Waals surface area contributed by atoms with E-state index < -0.39 is 5.97 Å². The fourth-order valence-electron chi connectivity index (χ4n) is 3.30. The number of hydrogen-bond donors (Lipinski definition) is 1. The molecule has 7 heteroatoms. The van der Waals surface area contributed by atoms with E-state index in [2.05, 4.69) is 46.1 Å². The van der Waals surface area contributed by atoms with Gasteiger partial charge in [-0.15, -0.1) is 0 Å². The van der Waals surface area contributed by atoms with Crippen molar-refractivity contribution < 1.29 is 19.4 Å². The number of aryl methyl sites for hydroxylation is 1. The first kappa shape index (κ1) is 19.8. The Kier molecular flexibility index (Phi) is 5.90. The molecule has 4 rings (SSSR count). The van der Waals surface area contributed by atoms with Gasteiger partial charge in [0, 0.05) is 18.8 Å². The van der Waals surface area contributed by atoms with Gasteiger partial charge in [0.25, 0.3) is 0 Å². The Balaban J connectivity index is 1.42. The lowest BCUT2D eigenvalue weighted by molar-refractivity contribution is 0.0369. The second kappa shape index (κ2) is 8.92. The number of carboxylic acid groups (broad SMARTS) is 1. The summed E-state index contributed by atoms with van der Waals surface area (Å²) in [6.45, 7) is 4.41. The molecule has 1 aliphatic rings. The van der Waals surface area contributed by atoms with E-state index in [9.17, 15) is 4.79 Å². The van der Waals surface area contributed by atoms with Gasteiger partial charge in [0.05, 0.1) is 42.5 Å². The SMILES string of the molecule is Cc1ccc(COc2cncc(N3CCOC(c4ccc(C(=O)O)cn4)C3)c2)cc1. The molecule has 30 heavy (non-hydrogen) atoms. The molecule has 0 bridgehead atoms. The van der Waals surface area contributed by atoms with Crippen LogP contribution in [0, 0.1) is 6.92 Å². The molecular weight excluding hydrogens is 382 g/mol. The van der Waals surface area contributed by atoms with E-state index in [0.29, 0.717) is 31.2 Å². The molecule has 1 atom stereocenters. The Bertz CT molecular complexity index is 1010. The lowest BCUT2D eigenvalue weighted by Gasteiger charge is -2.34. The van der Waals surface area contributed by atoms with Crippen LogP contribution in [0.5, 0.6) is 5.75 Å². The van der Waals surface area contributed by atoms with Crippen LogP contribution in [0.3, 0.4) is 0 Å². The van der Waals surface area contributed by atoms with Crippen molar-refractivity contribution in [2.24, 2.45) is 0 Å². The smallest absolute Gasteiger partial charge is 0.337 e. The van der Waals surface area contributed by atoms with Crippen LogP contribution in [0.25, 0.3) is 0 Å². The van der Waals surface area contributed by atoms with Crippen LogP contribution in [0.4, 0.5) is 5.69 Å². The molecular formula is C23H23N3O4. The van der Waals surface area contributed by atoms with Gasteiger partial charge in [0.15, 0.2) is 0 Å². The van der Waals surface area contributed by atoms with Crippen molar-refractivity contribution in [1.82, 2.24) is 9.97 Å². The van der Waals surface area contributed by atoms with Crippen molar-refractivity contribution in [3.05, 3.63) is 83.4 Å². The van der Waals surface area contributed by atoms with E-state index in [1.807, 2.05) is 12.3 Å². The van der Waals surface area contributed by atoms with Crippen LogP contribution in [0.2, 0.25) is 0 Å². The summed E-state index contributed by atoms with van der Waals surface area (Å²) >= 11 is 0. The maximum Gasteiger partial charge on any atom is 0.337 e. The van der Waals surface area contributed by atoms with Crippen molar-refractivity contribution in [3.8, 4) is 5.75 Å². The van der Waals surface area contributed by atoms with Crippen molar-refractivity contribution >= 4 is 11.7 Å². The third kappa shape index (κ3) is 4.75. The van der Waals surface area contributed by atoms with Gasteiger partial charge in [-0.2, -0.15) is 0 Å². The Labute approximate surface area is 174 Å². The molecule has 2 aromatic heterocycles. The van der Waals surface area contributed by atoms with Gasteiger partial charge in [0.2, 0.25) is 0 Å². The lowest BCUT2D eigenvalue weighted by Crippen LogP contribution is -2.38. The number of nitrogens with zero attached hydrogens (tertiary/aromatic N) is 3. The maximum absolute atomic E-state index is 11.0. The van der Waals surface area contributed by atoms with E-state index in [4.69, 9.17) is 14.6 Å². The molecule has 3 heterocycles. The average Bonchev–Trinajstić information content (AvgIpc) is 2.79. The van der Waals surface area contributed by atoms with Crippen LogP contribution < -0.4 is 9.64 Å². The highest BCUT2D eigenvalue weighted by atomic mass is 16.5. The molecule has 1 saturated heterocycles. The molecule has 3 aromatic rings. The molecule has 0 aliphatic carbocycles. The third-order valence-electron chi connectivity index (χ3n) is 5.02. The molecule has 1 aromatic carbocycles. The lowest BCUT2D eigenvalue weighted by atomic mass is 10.1. The average molecular weight is 405 g/mol. The number of carboxylic acids is 1. The highest BCUT2D eigenvalue weighted by molar-refractivity contribution is 5.87.